The summed E-state index contributed by atoms with van der Waals surface area (Å²) in [7, 11) is -4.70. The van der Waals surface area contributed by atoms with Crippen LogP contribution in [0.1, 0.15) is 155 Å². The van der Waals surface area contributed by atoms with Gasteiger partial charge in [0.15, 0.2) is 6.10 Å². The summed E-state index contributed by atoms with van der Waals surface area (Å²) in [5, 5.41) is 8.83. The summed E-state index contributed by atoms with van der Waals surface area (Å²) in [5.41, 5.74) is 5.30. The summed E-state index contributed by atoms with van der Waals surface area (Å²) in [5.74, 6) is -2.39. The molecule has 0 aliphatic rings. The number of hydrogen-bond donors (Lipinski definition) is 3. The number of carboxylic acids is 1. The number of rotatable bonds is 33. The van der Waals surface area contributed by atoms with Crippen molar-refractivity contribution in [1.82, 2.24) is 0 Å². The molecule has 0 radical (unpaired) electrons. The van der Waals surface area contributed by atoms with Crippen molar-refractivity contribution in [2.24, 2.45) is 5.73 Å². The number of allylic oxidation sites excluding steroid dienone is 2. The molecule has 11 nitrogen and oxygen atoms in total. The predicted octanol–water partition coefficient (Wildman–Crippen LogP) is 8.17. The van der Waals surface area contributed by atoms with E-state index in [9.17, 15) is 23.8 Å². The van der Waals surface area contributed by atoms with Gasteiger partial charge in [0.05, 0.1) is 13.2 Å². The van der Waals surface area contributed by atoms with Gasteiger partial charge in [-0.05, 0) is 38.5 Å². The van der Waals surface area contributed by atoms with Gasteiger partial charge >= 0.3 is 25.7 Å². The van der Waals surface area contributed by atoms with Gasteiger partial charge in [-0.2, -0.15) is 0 Å². The molecule has 0 heterocycles. The normalized spacial score (nSPS) is 14.2. The number of carbonyl (C=O) groups excluding carboxylic acids is 2. The average molecular weight is 678 g/mol. The summed E-state index contributed by atoms with van der Waals surface area (Å²) in [6.07, 6.45) is 25.8. The molecule has 0 fully saturated rings. The Bertz CT molecular complexity index is 854. The van der Waals surface area contributed by atoms with Crippen LogP contribution in [0.5, 0.6) is 0 Å². The van der Waals surface area contributed by atoms with Gasteiger partial charge in [0.25, 0.3) is 0 Å². The molecule has 0 rings (SSSR count). The van der Waals surface area contributed by atoms with E-state index in [2.05, 4.69) is 30.5 Å². The Morgan fingerprint density at radius 1 is 0.652 bits per heavy atom. The van der Waals surface area contributed by atoms with Crippen molar-refractivity contribution in [3.63, 3.8) is 0 Å². The van der Waals surface area contributed by atoms with Gasteiger partial charge in [-0.25, -0.2) is 4.57 Å². The maximum atomic E-state index is 12.5. The Morgan fingerprint density at radius 3 is 1.61 bits per heavy atom. The fraction of sp³-hybridized carbons (Fsp3) is 0.853. The fourth-order valence-electron chi connectivity index (χ4n) is 4.65. The summed E-state index contributed by atoms with van der Waals surface area (Å²) in [6, 6.07) is -1.52. The van der Waals surface area contributed by atoms with E-state index in [1.165, 1.54) is 57.8 Å². The van der Waals surface area contributed by atoms with Crippen molar-refractivity contribution in [2.45, 2.75) is 167 Å². The Kier molecular flexibility index (Phi) is 29.4. The van der Waals surface area contributed by atoms with Crippen molar-refractivity contribution in [3.05, 3.63) is 12.2 Å². The maximum Gasteiger partial charge on any atom is 0.472 e. The zero-order chi connectivity index (χ0) is 34.3. The first-order valence-corrected chi connectivity index (χ1v) is 19.2. The van der Waals surface area contributed by atoms with E-state index in [0.29, 0.717) is 12.8 Å². The average Bonchev–Trinajstić information content (AvgIpc) is 3.02. The molecule has 0 aromatic heterocycles. The molecule has 12 heteroatoms. The lowest BCUT2D eigenvalue weighted by molar-refractivity contribution is -0.161. The first-order valence-electron chi connectivity index (χ1n) is 17.7. The van der Waals surface area contributed by atoms with Gasteiger partial charge in [0, 0.05) is 12.8 Å². The molecule has 0 saturated carbocycles. The number of esters is 2. The number of nitrogens with two attached hydrogens (primary N) is 1. The molecule has 0 saturated heterocycles. The molecule has 0 aromatic rings. The van der Waals surface area contributed by atoms with Crippen molar-refractivity contribution in [3.8, 4) is 0 Å². The van der Waals surface area contributed by atoms with Crippen LogP contribution in [0.25, 0.3) is 0 Å². The number of phosphoric acid groups is 1. The lowest BCUT2D eigenvalue weighted by atomic mass is 10.1. The maximum absolute atomic E-state index is 12.5. The monoisotopic (exact) mass is 677 g/mol. The third-order valence-corrected chi connectivity index (χ3v) is 8.46. The molecule has 0 aromatic carbocycles. The quantitative estimate of drug-likeness (QED) is 0.0265. The molecule has 0 spiro atoms. The van der Waals surface area contributed by atoms with E-state index in [1.807, 2.05) is 0 Å². The molecule has 0 bridgehead atoms. The van der Waals surface area contributed by atoms with Gasteiger partial charge in [0.1, 0.15) is 12.6 Å². The van der Waals surface area contributed by atoms with Gasteiger partial charge in [0.2, 0.25) is 0 Å². The highest BCUT2D eigenvalue weighted by molar-refractivity contribution is 7.47. The molecule has 4 N–H and O–H groups in total. The van der Waals surface area contributed by atoms with E-state index in [4.69, 9.17) is 24.8 Å². The first-order chi connectivity index (χ1) is 22.1. The number of aliphatic carboxylic acids is 1. The van der Waals surface area contributed by atoms with Crippen LogP contribution in [0.4, 0.5) is 0 Å². The number of unbranched alkanes of at least 4 members (excludes halogenated alkanes) is 17. The summed E-state index contributed by atoms with van der Waals surface area (Å²) >= 11 is 0. The highest BCUT2D eigenvalue weighted by atomic mass is 31.2. The molecule has 46 heavy (non-hydrogen) atoms. The predicted molar refractivity (Wildman–Crippen MR) is 180 cm³/mol. The second kappa shape index (κ2) is 30.5. The molecule has 0 amide bonds. The van der Waals surface area contributed by atoms with Gasteiger partial charge in [-0.15, -0.1) is 0 Å². The van der Waals surface area contributed by atoms with E-state index in [-0.39, 0.29) is 19.4 Å². The Labute approximate surface area is 278 Å². The second-order valence-corrected chi connectivity index (χ2v) is 13.5. The van der Waals surface area contributed by atoms with Crippen LogP contribution in [0, 0.1) is 0 Å². The number of carboxylic acid groups (broad SMARTS) is 1. The lowest BCUT2D eigenvalue weighted by Gasteiger charge is -2.20. The Hall–Kier alpha value is -1.78. The molecular weight excluding hydrogens is 613 g/mol. The topological polar surface area (TPSA) is 172 Å². The summed E-state index contributed by atoms with van der Waals surface area (Å²) in [6.45, 7) is 2.72. The number of hydrogen-bond acceptors (Lipinski definition) is 9. The second-order valence-electron chi connectivity index (χ2n) is 12.0. The molecule has 3 atom stereocenters. The van der Waals surface area contributed by atoms with E-state index < -0.39 is 51.1 Å². The van der Waals surface area contributed by atoms with Gasteiger partial charge in [-0.1, -0.05) is 116 Å². The van der Waals surface area contributed by atoms with Crippen LogP contribution >= 0.6 is 7.82 Å². The summed E-state index contributed by atoms with van der Waals surface area (Å²) in [4.78, 5) is 45.5. The standard InChI is InChI=1S/C34H64NO10P/c1-3-5-7-9-11-13-14-15-16-18-20-22-24-26-33(37)45-30(28-43-46(40,41)44-29-31(35)34(38)39)27-42-32(36)25-23-21-19-17-12-10-8-6-4-2/h13-14,30-31H,3-12,15-29,35H2,1-2H3,(H,38,39)(H,40,41)/b14-13-. The Balaban J connectivity index is 4.49. The minimum absolute atomic E-state index is 0.154. The molecule has 0 aliphatic carbocycles. The van der Waals surface area contributed by atoms with Gasteiger partial charge < -0.3 is 25.2 Å². The smallest absolute Gasteiger partial charge is 0.472 e. The Morgan fingerprint density at radius 2 is 1.09 bits per heavy atom. The van der Waals surface area contributed by atoms with Gasteiger partial charge in [-0.3, -0.25) is 23.4 Å². The number of carbonyl (C=O) groups is 3. The van der Waals surface area contributed by atoms with E-state index >= 15 is 0 Å². The minimum atomic E-state index is -4.70. The zero-order valence-electron chi connectivity index (χ0n) is 28.7. The van der Waals surface area contributed by atoms with Crippen LogP contribution in [0.3, 0.4) is 0 Å². The van der Waals surface area contributed by atoms with Crippen LogP contribution in [-0.4, -0.2) is 59.9 Å². The highest BCUT2D eigenvalue weighted by Gasteiger charge is 2.28. The summed E-state index contributed by atoms with van der Waals surface area (Å²) < 4.78 is 32.4. The molecular formula is C34H64NO10P. The third kappa shape index (κ3) is 29.6. The highest BCUT2D eigenvalue weighted by Crippen LogP contribution is 2.43. The number of phosphoric ester groups is 1. The van der Waals surface area contributed by atoms with Crippen molar-refractivity contribution in [2.75, 3.05) is 19.8 Å². The largest absolute Gasteiger partial charge is 0.480 e. The molecule has 0 aliphatic heterocycles. The van der Waals surface area contributed by atoms with Crippen LogP contribution < -0.4 is 5.73 Å². The number of ether oxygens (including phenoxy) is 2. The zero-order valence-corrected chi connectivity index (χ0v) is 29.6. The van der Waals surface area contributed by atoms with Crippen molar-refractivity contribution in [1.29, 1.82) is 0 Å². The van der Waals surface area contributed by atoms with E-state index in [0.717, 1.165) is 57.8 Å². The third-order valence-electron chi connectivity index (χ3n) is 7.51. The minimum Gasteiger partial charge on any atom is -0.480 e. The molecule has 3 unspecified atom stereocenters. The molecule has 270 valence electrons. The van der Waals surface area contributed by atoms with Crippen molar-refractivity contribution >= 4 is 25.7 Å². The van der Waals surface area contributed by atoms with E-state index in [1.54, 1.807) is 0 Å². The van der Waals surface area contributed by atoms with Crippen LogP contribution in [-0.2, 0) is 37.5 Å². The fourth-order valence-corrected chi connectivity index (χ4v) is 5.42. The van der Waals surface area contributed by atoms with Crippen LogP contribution in [0.15, 0.2) is 12.2 Å². The lowest BCUT2D eigenvalue weighted by Crippen LogP contribution is -2.34. The van der Waals surface area contributed by atoms with Crippen molar-refractivity contribution < 1.29 is 47.5 Å². The SMILES string of the molecule is CCCCCC/C=C\CCCCCCCC(=O)OC(COC(=O)CCCCCCCCCCC)COP(=O)(O)OCC(N)C(=O)O. The van der Waals surface area contributed by atoms with Crippen LogP contribution in [0.2, 0.25) is 0 Å². The first kappa shape index (κ1) is 44.2.